The van der Waals surface area contributed by atoms with Crippen molar-refractivity contribution < 1.29 is 24.6 Å². The predicted octanol–water partition coefficient (Wildman–Crippen LogP) is 7.50. The third-order valence-electron chi connectivity index (χ3n) is 16.9. The van der Waals surface area contributed by atoms with Crippen LogP contribution in [-0.2, 0) is 22.6 Å². The van der Waals surface area contributed by atoms with E-state index < -0.39 is 23.6 Å². The van der Waals surface area contributed by atoms with E-state index in [2.05, 4.69) is 47.5 Å². The third-order valence-corrected chi connectivity index (χ3v) is 17.9. The number of aromatic amines is 1. The van der Waals surface area contributed by atoms with Gasteiger partial charge in [-0.25, -0.2) is 19.7 Å². The number of piperidine rings is 2. The number of phenolic OH excluding ortho intramolecular Hbond substituents is 1. The highest BCUT2D eigenvalue weighted by Crippen LogP contribution is 2.52. The Morgan fingerprint density at radius 2 is 1.68 bits per heavy atom. The molecule has 18 heteroatoms. The number of thiazole rings is 1. The van der Waals surface area contributed by atoms with Crippen LogP contribution in [-0.4, -0.2) is 136 Å². The lowest BCUT2D eigenvalue weighted by Crippen LogP contribution is -2.61. The van der Waals surface area contributed by atoms with Crippen LogP contribution in [0.3, 0.4) is 0 Å². The number of anilines is 1. The fourth-order valence-electron chi connectivity index (χ4n) is 12.5. The van der Waals surface area contributed by atoms with E-state index in [1.165, 1.54) is 16.0 Å². The Hall–Kier alpha value is -6.50. The zero-order chi connectivity index (χ0) is 51.5. The molecule has 5 aliphatic rings. The summed E-state index contributed by atoms with van der Waals surface area (Å²) in [6.45, 7) is 14.4. The fraction of sp³-hybridized carbons (Fsp3) is 0.500. The molecule has 5 N–H and O–H groups in total. The maximum Gasteiger partial charge on any atom is 0.318 e. The van der Waals surface area contributed by atoms with Crippen molar-refractivity contribution in [2.45, 2.75) is 129 Å². The molecule has 388 valence electrons. The smallest absolute Gasteiger partial charge is 0.318 e. The van der Waals surface area contributed by atoms with Crippen LogP contribution in [0.2, 0.25) is 0 Å². The lowest BCUT2D eigenvalue weighted by molar-refractivity contribution is -0.142. The number of aliphatic hydroxyl groups excluding tert-OH is 1. The van der Waals surface area contributed by atoms with Gasteiger partial charge in [0.15, 0.2) is 5.65 Å². The number of urea groups is 1. The first-order valence-electron chi connectivity index (χ1n) is 26.4. The minimum absolute atomic E-state index is 0.0169. The largest absolute Gasteiger partial charge is 0.507 e. The standard InChI is InChI=1S/C56H68N12O5S/c1-33-48(74-32-60-33)37-12-10-35(11-13-37)28-57-51(71)45-24-40(69)31-68(45)52(72)49(55(3,4)5)62-54(73)66-22-17-56(18-23-66)26-39(27-56)65-19-14-36(15-20-65)38-29-58-53(59-30-38)67-21-16-43-47(34(67)2)42-25-44(63-64-50(42)61-43)41-8-6-7-9-46(41)70/h6-13,25,29-30,32,34,36,39-40,45,49,69-70H,14-24,26-28,31H2,1-5H3,(H,57,71)(H,61,64)(H,62,73)/t34-,40+,45-,49+/m0/s1. The summed E-state index contributed by atoms with van der Waals surface area (Å²) in [5, 5.41) is 37.2. The van der Waals surface area contributed by atoms with Crippen molar-refractivity contribution in [3.8, 4) is 27.4 Å². The zero-order valence-electron chi connectivity index (χ0n) is 43.1. The molecule has 1 saturated carbocycles. The van der Waals surface area contributed by atoms with Gasteiger partial charge in [-0.3, -0.25) is 9.59 Å². The van der Waals surface area contributed by atoms with Crippen LogP contribution in [0.25, 0.3) is 32.7 Å². The van der Waals surface area contributed by atoms with Gasteiger partial charge in [-0.1, -0.05) is 57.2 Å². The lowest BCUT2D eigenvalue weighted by Gasteiger charge is -2.56. The molecule has 6 aromatic rings. The lowest BCUT2D eigenvalue weighted by atomic mass is 9.59. The van der Waals surface area contributed by atoms with Gasteiger partial charge in [0.25, 0.3) is 0 Å². The number of phenols is 1. The Balaban J connectivity index is 0.640. The van der Waals surface area contributed by atoms with Gasteiger partial charge >= 0.3 is 6.03 Å². The zero-order valence-corrected chi connectivity index (χ0v) is 43.9. The van der Waals surface area contributed by atoms with Crippen LogP contribution in [0.5, 0.6) is 5.75 Å². The van der Waals surface area contributed by atoms with Crippen LogP contribution in [0.15, 0.2) is 72.5 Å². The van der Waals surface area contributed by atoms with E-state index >= 15 is 0 Å². The van der Waals surface area contributed by atoms with Crippen molar-refractivity contribution in [2.75, 3.05) is 44.2 Å². The number of aromatic nitrogens is 6. The topological polar surface area (TPSA) is 209 Å². The Kier molecular flexibility index (Phi) is 13.4. The Morgan fingerprint density at radius 1 is 0.946 bits per heavy atom. The quantitative estimate of drug-likeness (QED) is 0.0904. The molecule has 4 aromatic heterocycles. The van der Waals surface area contributed by atoms with Gasteiger partial charge in [0.05, 0.1) is 33.9 Å². The molecule has 4 fully saturated rings. The van der Waals surface area contributed by atoms with Gasteiger partial charge in [-0.2, -0.15) is 0 Å². The number of para-hydroxylation sites is 1. The van der Waals surface area contributed by atoms with Gasteiger partial charge in [0, 0.05) is 86.2 Å². The number of carbonyl (C=O) groups excluding carboxylic acids is 3. The summed E-state index contributed by atoms with van der Waals surface area (Å²) in [6.07, 6.45) is 10.5. The molecule has 0 radical (unpaired) electrons. The number of hydrogen-bond donors (Lipinski definition) is 5. The number of rotatable bonds is 10. The number of nitrogens with zero attached hydrogens (tertiary/aromatic N) is 9. The first-order valence-corrected chi connectivity index (χ1v) is 27.3. The summed E-state index contributed by atoms with van der Waals surface area (Å²) < 4.78 is 0. The monoisotopic (exact) mass is 1020 g/mol. The average Bonchev–Trinajstić information content (AvgIpc) is 4.12. The number of hydrogen-bond acceptors (Lipinski definition) is 13. The second-order valence-corrected chi connectivity index (χ2v) is 23.5. The molecule has 1 aliphatic carbocycles. The molecule has 2 aromatic carbocycles. The molecule has 11 rings (SSSR count). The normalized spacial score (nSPS) is 21.9. The second-order valence-electron chi connectivity index (χ2n) is 22.6. The van der Waals surface area contributed by atoms with Gasteiger partial charge in [-0.05, 0) is 117 Å². The second kappa shape index (κ2) is 20.0. The third kappa shape index (κ3) is 9.71. The number of aliphatic hydroxyl groups is 1. The van der Waals surface area contributed by atoms with Crippen molar-refractivity contribution in [2.24, 2.45) is 10.8 Å². The first kappa shape index (κ1) is 49.7. The first-order chi connectivity index (χ1) is 35.6. The summed E-state index contributed by atoms with van der Waals surface area (Å²) in [4.78, 5) is 69.0. The molecule has 1 spiro atoms. The predicted molar refractivity (Wildman–Crippen MR) is 284 cm³/mol. The van der Waals surface area contributed by atoms with Crippen molar-refractivity contribution in [1.82, 2.24) is 55.5 Å². The Morgan fingerprint density at radius 3 is 2.36 bits per heavy atom. The van der Waals surface area contributed by atoms with E-state index in [1.54, 1.807) is 23.5 Å². The van der Waals surface area contributed by atoms with Crippen molar-refractivity contribution in [3.63, 3.8) is 0 Å². The van der Waals surface area contributed by atoms with Crippen molar-refractivity contribution >= 4 is 46.2 Å². The van der Waals surface area contributed by atoms with Crippen LogP contribution in [0.4, 0.5) is 10.7 Å². The highest BCUT2D eigenvalue weighted by molar-refractivity contribution is 7.13. The number of carbonyl (C=O) groups is 3. The summed E-state index contributed by atoms with van der Waals surface area (Å²) in [5.74, 6) is 0.635. The molecular formula is C56H68N12O5S. The number of H-pyrrole nitrogens is 1. The van der Waals surface area contributed by atoms with E-state index in [0.29, 0.717) is 36.3 Å². The van der Waals surface area contributed by atoms with Gasteiger partial charge in [-0.15, -0.1) is 21.5 Å². The molecule has 4 atom stereocenters. The number of fused-ring (bicyclic) bond motifs is 3. The summed E-state index contributed by atoms with van der Waals surface area (Å²) >= 11 is 1.59. The van der Waals surface area contributed by atoms with Crippen LogP contribution >= 0.6 is 11.3 Å². The Bertz CT molecular complexity index is 3020. The minimum atomic E-state index is -0.883. The summed E-state index contributed by atoms with van der Waals surface area (Å²) in [5.41, 5.74) is 9.93. The number of benzene rings is 2. The van der Waals surface area contributed by atoms with E-state index in [-0.39, 0.29) is 54.6 Å². The molecule has 4 aliphatic heterocycles. The van der Waals surface area contributed by atoms with Crippen LogP contribution in [0, 0.1) is 17.8 Å². The summed E-state index contributed by atoms with van der Waals surface area (Å²) in [6, 6.07) is 15.8. The maximum absolute atomic E-state index is 14.3. The average molecular weight is 1020 g/mol. The molecule has 4 amide bonds. The highest BCUT2D eigenvalue weighted by Gasteiger charge is 2.50. The molecule has 74 heavy (non-hydrogen) atoms. The number of β-amino-alcohol motifs (C(OH)–C–C–N with tert-alkyl or cyclic N) is 1. The van der Waals surface area contributed by atoms with Gasteiger partial charge in [0.2, 0.25) is 17.8 Å². The van der Waals surface area contributed by atoms with E-state index in [1.807, 2.05) is 93.0 Å². The molecule has 0 bridgehead atoms. The molecular weight excluding hydrogens is 953 g/mol. The number of likely N-dealkylation sites (tertiary alicyclic amines) is 3. The molecule has 3 saturated heterocycles. The maximum atomic E-state index is 14.3. The van der Waals surface area contributed by atoms with Gasteiger partial charge < -0.3 is 45.4 Å². The van der Waals surface area contributed by atoms with Crippen molar-refractivity contribution in [3.05, 3.63) is 101 Å². The van der Waals surface area contributed by atoms with Crippen LogP contribution < -0.4 is 15.5 Å². The number of aromatic hydroxyl groups is 1. The summed E-state index contributed by atoms with van der Waals surface area (Å²) in [7, 11) is 0. The molecule has 8 heterocycles. The molecule has 0 unspecified atom stereocenters. The Labute approximate surface area is 436 Å². The number of aryl methyl sites for hydroxylation is 1. The highest BCUT2D eigenvalue weighted by atomic mass is 32.1. The SMILES string of the molecule is Cc1ncsc1-c1ccc(CNC(=O)[C@@H]2C[C@@H](O)CN2C(=O)[C@@H](NC(=O)N2CCC3(CC2)CC(N2CCC(c4cnc(N5CCc6[nH]c7nnc(-c8ccccc8O)cc7c6[C@@H]5C)nc4)CC2)C3)C(C)(C)C)cc1. The van der Waals surface area contributed by atoms with E-state index in [0.717, 1.165) is 109 Å². The minimum Gasteiger partial charge on any atom is -0.507 e. The fourth-order valence-corrected chi connectivity index (χ4v) is 13.3. The van der Waals surface area contributed by atoms with Crippen molar-refractivity contribution in [1.29, 1.82) is 0 Å². The van der Waals surface area contributed by atoms with E-state index in [4.69, 9.17) is 9.97 Å². The number of amides is 4. The molecule has 17 nitrogen and oxygen atoms in total. The number of nitrogens with one attached hydrogen (secondary N) is 3. The van der Waals surface area contributed by atoms with Crippen LogP contribution in [0.1, 0.15) is 113 Å². The van der Waals surface area contributed by atoms with Gasteiger partial charge in [0.1, 0.15) is 17.8 Å². The van der Waals surface area contributed by atoms with E-state index in [9.17, 15) is 24.6 Å².